The summed E-state index contributed by atoms with van der Waals surface area (Å²) >= 11 is 5.76. The van der Waals surface area contributed by atoms with Crippen LogP contribution in [0, 0.1) is 5.53 Å². The summed E-state index contributed by atoms with van der Waals surface area (Å²) in [6.07, 6.45) is 4.41. The zero-order valence-electron chi connectivity index (χ0n) is 12.1. The molecule has 7 nitrogen and oxygen atoms in total. The molecular formula is C14H12ClF2N5O2. The van der Waals surface area contributed by atoms with Crippen LogP contribution in [0.2, 0.25) is 5.02 Å². The lowest BCUT2D eigenvalue weighted by atomic mass is 10.3. The summed E-state index contributed by atoms with van der Waals surface area (Å²) in [7, 11) is 0. The molecule has 0 saturated heterocycles. The van der Waals surface area contributed by atoms with E-state index in [1.54, 1.807) is 12.1 Å². The summed E-state index contributed by atoms with van der Waals surface area (Å²) in [5, 5.41) is 6.15. The molecule has 2 rings (SSSR count). The molecule has 1 heterocycles. The lowest BCUT2D eigenvalue weighted by molar-refractivity contribution is -0.0497. The van der Waals surface area contributed by atoms with E-state index in [0.717, 1.165) is 0 Å². The first-order chi connectivity index (χ1) is 11.6. The van der Waals surface area contributed by atoms with Crippen LogP contribution in [-0.4, -0.2) is 23.2 Å². The predicted octanol–water partition coefficient (Wildman–Crippen LogP) is 4.09. The molecule has 0 atom stereocenters. The fourth-order valence-electron chi connectivity index (χ4n) is 1.55. The van der Waals surface area contributed by atoms with Gasteiger partial charge in [0, 0.05) is 30.3 Å². The molecule has 0 saturated carbocycles. The summed E-state index contributed by atoms with van der Waals surface area (Å²) in [5.41, 5.74) is 7.76. The standard InChI is InChI=1S/C14H12ClF2N5O2/c15-11-3-2-9(6-12(11)24-13(16)17)21-7-10(22-18)8-23-14-19-4-1-5-20-14/h1-7,13,18,21H,8H2/b10-7-,22-18?. The van der Waals surface area contributed by atoms with E-state index in [4.69, 9.17) is 21.9 Å². The summed E-state index contributed by atoms with van der Waals surface area (Å²) in [5.74, 6) is -0.164. The number of nitrogens with zero attached hydrogens (tertiary/aromatic N) is 3. The molecule has 0 radical (unpaired) electrons. The highest BCUT2D eigenvalue weighted by atomic mass is 35.5. The van der Waals surface area contributed by atoms with Gasteiger partial charge in [-0.25, -0.2) is 15.5 Å². The third-order valence-corrected chi connectivity index (χ3v) is 2.90. The SMILES string of the molecule is N=N/C(=C\Nc1ccc(Cl)c(OC(F)F)c1)COc1ncccn1. The van der Waals surface area contributed by atoms with Gasteiger partial charge in [0.2, 0.25) is 0 Å². The first-order valence-corrected chi connectivity index (χ1v) is 6.93. The smallest absolute Gasteiger partial charge is 0.387 e. The second kappa shape index (κ2) is 8.73. The highest BCUT2D eigenvalue weighted by Gasteiger charge is 2.09. The maximum atomic E-state index is 12.3. The van der Waals surface area contributed by atoms with Crippen LogP contribution in [0.1, 0.15) is 0 Å². The number of alkyl halides is 2. The third-order valence-electron chi connectivity index (χ3n) is 2.59. The molecule has 0 unspecified atom stereocenters. The minimum atomic E-state index is -2.98. The van der Waals surface area contributed by atoms with Crippen molar-refractivity contribution in [2.75, 3.05) is 11.9 Å². The molecule has 0 bridgehead atoms. The molecular weight excluding hydrogens is 344 g/mol. The number of aromatic nitrogens is 2. The van der Waals surface area contributed by atoms with Crippen LogP contribution in [0.25, 0.3) is 0 Å². The number of anilines is 1. The molecule has 2 N–H and O–H groups in total. The topological polar surface area (TPSA) is 92.5 Å². The Hall–Kier alpha value is -2.81. The number of rotatable bonds is 8. The second-order valence-corrected chi connectivity index (χ2v) is 4.64. The molecule has 1 aromatic carbocycles. The van der Waals surface area contributed by atoms with Crippen LogP contribution in [0.5, 0.6) is 11.8 Å². The lowest BCUT2D eigenvalue weighted by Crippen LogP contribution is -2.05. The van der Waals surface area contributed by atoms with E-state index in [1.807, 2.05) is 0 Å². The van der Waals surface area contributed by atoms with Gasteiger partial charge in [-0.1, -0.05) is 11.6 Å². The lowest BCUT2D eigenvalue weighted by Gasteiger charge is -2.09. The molecule has 0 amide bonds. The quantitative estimate of drug-likeness (QED) is 0.695. The molecule has 0 aliphatic rings. The highest BCUT2D eigenvalue weighted by molar-refractivity contribution is 6.32. The minimum absolute atomic E-state index is 0.0471. The molecule has 0 spiro atoms. The number of ether oxygens (including phenoxy) is 2. The van der Waals surface area contributed by atoms with E-state index in [0.29, 0.717) is 5.69 Å². The number of halogens is 3. The Kier molecular flexibility index (Phi) is 6.38. The van der Waals surface area contributed by atoms with E-state index in [-0.39, 0.29) is 29.1 Å². The molecule has 10 heteroatoms. The van der Waals surface area contributed by atoms with E-state index < -0.39 is 6.61 Å². The first-order valence-electron chi connectivity index (χ1n) is 6.55. The van der Waals surface area contributed by atoms with Crippen LogP contribution in [-0.2, 0) is 0 Å². The van der Waals surface area contributed by atoms with Crippen LogP contribution >= 0.6 is 11.6 Å². The van der Waals surface area contributed by atoms with Crippen molar-refractivity contribution < 1.29 is 18.3 Å². The third kappa shape index (κ3) is 5.43. The fourth-order valence-corrected chi connectivity index (χ4v) is 1.71. The Morgan fingerprint density at radius 3 is 2.79 bits per heavy atom. The van der Waals surface area contributed by atoms with Crippen LogP contribution in [0.15, 0.2) is 53.7 Å². The van der Waals surface area contributed by atoms with Gasteiger partial charge in [-0.3, -0.25) is 0 Å². The maximum Gasteiger partial charge on any atom is 0.387 e. The van der Waals surface area contributed by atoms with Gasteiger partial charge in [0.05, 0.1) is 5.02 Å². The van der Waals surface area contributed by atoms with Gasteiger partial charge in [0.1, 0.15) is 18.1 Å². The molecule has 0 aliphatic heterocycles. The number of benzene rings is 1. The maximum absolute atomic E-state index is 12.3. The number of hydrogen-bond donors (Lipinski definition) is 2. The monoisotopic (exact) mass is 355 g/mol. The normalized spacial score (nSPS) is 11.2. The second-order valence-electron chi connectivity index (χ2n) is 4.24. The van der Waals surface area contributed by atoms with E-state index in [1.165, 1.54) is 30.7 Å². The van der Waals surface area contributed by atoms with Gasteiger partial charge in [-0.05, 0) is 18.2 Å². The van der Waals surface area contributed by atoms with Crippen molar-refractivity contribution in [2.24, 2.45) is 5.11 Å². The van der Waals surface area contributed by atoms with Crippen molar-refractivity contribution in [3.8, 4) is 11.8 Å². The highest BCUT2D eigenvalue weighted by Crippen LogP contribution is 2.29. The van der Waals surface area contributed by atoms with Crippen LogP contribution in [0.4, 0.5) is 14.5 Å². The Morgan fingerprint density at radius 1 is 1.38 bits per heavy atom. The van der Waals surface area contributed by atoms with Gasteiger partial charge in [0.25, 0.3) is 0 Å². The Bertz CT molecular complexity index is 716. The van der Waals surface area contributed by atoms with Gasteiger partial charge in [-0.2, -0.15) is 13.9 Å². The summed E-state index contributed by atoms with van der Waals surface area (Å²) < 4.78 is 34.1. The van der Waals surface area contributed by atoms with Crippen molar-refractivity contribution in [3.05, 3.63) is 53.6 Å². The zero-order valence-corrected chi connectivity index (χ0v) is 12.9. The Balaban J connectivity index is 2.00. The number of nitrogens with one attached hydrogen (secondary N) is 2. The predicted molar refractivity (Wildman–Crippen MR) is 82.5 cm³/mol. The molecule has 24 heavy (non-hydrogen) atoms. The van der Waals surface area contributed by atoms with Gasteiger partial charge < -0.3 is 14.8 Å². The van der Waals surface area contributed by atoms with E-state index >= 15 is 0 Å². The van der Waals surface area contributed by atoms with Gasteiger partial charge in [0.15, 0.2) is 0 Å². The Morgan fingerprint density at radius 2 is 2.12 bits per heavy atom. The van der Waals surface area contributed by atoms with Crippen molar-refractivity contribution >= 4 is 17.3 Å². The van der Waals surface area contributed by atoms with E-state index in [9.17, 15) is 8.78 Å². The van der Waals surface area contributed by atoms with Crippen molar-refractivity contribution in [2.45, 2.75) is 6.61 Å². The van der Waals surface area contributed by atoms with Crippen LogP contribution in [0.3, 0.4) is 0 Å². The summed E-state index contributed by atoms with van der Waals surface area (Å²) in [6, 6.07) is 6.04. The molecule has 0 aliphatic carbocycles. The average molecular weight is 356 g/mol. The fraction of sp³-hybridized carbons (Fsp3) is 0.143. The largest absolute Gasteiger partial charge is 0.457 e. The molecule has 2 aromatic rings. The first kappa shape index (κ1) is 17.5. The average Bonchev–Trinajstić information content (AvgIpc) is 2.58. The summed E-state index contributed by atoms with van der Waals surface area (Å²) in [4.78, 5) is 7.73. The minimum Gasteiger partial charge on any atom is -0.457 e. The van der Waals surface area contributed by atoms with Crippen molar-refractivity contribution in [1.29, 1.82) is 5.53 Å². The zero-order chi connectivity index (χ0) is 17.4. The van der Waals surface area contributed by atoms with Crippen LogP contribution < -0.4 is 14.8 Å². The molecule has 0 fully saturated rings. The molecule has 1 aromatic heterocycles. The van der Waals surface area contributed by atoms with E-state index in [2.05, 4.69) is 25.1 Å². The number of hydrogen-bond acceptors (Lipinski definition) is 7. The van der Waals surface area contributed by atoms with Crippen molar-refractivity contribution in [1.82, 2.24) is 9.97 Å². The summed E-state index contributed by atoms with van der Waals surface area (Å²) in [6.45, 7) is -3.03. The molecule has 126 valence electrons. The van der Waals surface area contributed by atoms with Crippen molar-refractivity contribution in [3.63, 3.8) is 0 Å². The van der Waals surface area contributed by atoms with Gasteiger partial charge in [-0.15, -0.1) is 0 Å². The van der Waals surface area contributed by atoms with Gasteiger partial charge >= 0.3 is 12.6 Å². The Labute approximate surface area is 140 Å².